The molecule has 0 spiro atoms. The molecule has 0 radical (unpaired) electrons. The molecule has 1 aromatic rings. The summed E-state index contributed by atoms with van der Waals surface area (Å²) in [5.41, 5.74) is 1.84. The summed E-state index contributed by atoms with van der Waals surface area (Å²) in [6, 6.07) is 3.79. The molecule has 1 rings (SSSR count). The van der Waals surface area contributed by atoms with Gasteiger partial charge in [-0.2, -0.15) is 13.2 Å². The lowest BCUT2D eigenvalue weighted by Gasteiger charge is -2.15. The monoisotopic (exact) mass is 339 g/mol. The second kappa shape index (κ2) is 7.14. The van der Waals surface area contributed by atoms with Gasteiger partial charge in [-0.3, -0.25) is 0 Å². The van der Waals surface area contributed by atoms with Gasteiger partial charge in [-0.05, 0) is 38.1 Å². The zero-order valence-corrected chi connectivity index (χ0v) is 12.5. The molecular formula is C13H17BrF3NO. The van der Waals surface area contributed by atoms with Crippen molar-refractivity contribution >= 4 is 15.9 Å². The molecule has 0 saturated heterocycles. The van der Waals surface area contributed by atoms with Gasteiger partial charge in [-0.25, -0.2) is 0 Å². The van der Waals surface area contributed by atoms with Gasteiger partial charge >= 0.3 is 6.18 Å². The Morgan fingerprint density at radius 2 is 2.00 bits per heavy atom. The maximum absolute atomic E-state index is 12.0. The van der Waals surface area contributed by atoms with Gasteiger partial charge in [-0.1, -0.05) is 15.9 Å². The predicted octanol–water partition coefficient (Wildman–Crippen LogP) is 4.20. The second-order valence-corrected chi connectivity index (χ2v) is 5.22. The molecule has 0 heterocycles. The summed E-state index contributed by atoms with van der Waals surface area (Å²) in [4.78, 5) is 0. The molecule has 1 aromatic carbocycles. The maximum atomic E-state index is 12.0. The molecule has 0 atom stereocenters. The highest BCUT2D eigenvalue weighted by molar-refractivity contribution is 9.10. The number of aryl methyl sites for hydroxylation is 1. The Hall–Kier alpha value is -0.750. The smallest absolute Gasteiger partial charge is 0.389 e. The lowest BCUT2D eigenvalue weighted by molar-refractivity contribution is -0.136. The second-order valence-electron chi connectivity index (χ2n) is 4.31. The highest BCUT2D eigenvalue weighted by Gasteiger charge is 2.26. The van der Waals surface area contributed by atoms with Crippen LogP contribution in [0.25, 0.3) is 0 Å². The molecule has 0 aromatic heterocycles. The van der Waals surface area contributed by atoms with Crippen molar-refractivity contribution in [3.8, 4) is 5.75 Å². The van der Waals surface area contributed by atoms with E-state index in [2.05, 4.69) is 21.2 Å². The van der Waals surface area contributed by atoms with Crippen LogP contribution in [0.5, 0.6) is 5.75 Å². The molecule has 0 aliphatic rings. The first-order chi connectivity index (χ1) is 8.83. The van der Waals surface area contributed by atoms with Crippen molar-refractivity contribution in [2.24, 2.45) is 0 Å². The third-order valence-electron chi connectivity index (χ3n) is 2.53. The van der Waals surface area contributed by atoms with Crippen LogP contribution in [-0.4, -0.2) is 19.8 Å². The molecule has 0 saturated carbocycles. The topological polar surface area (TPSA) is 21.3 Å². The number of rotatable bonds is 6. The fourth-order valence-corrected chi connectivity index (χ4v) is 2.39. The predicted molar refractivity (Wildman–Crippen MR) is 72.4 cm³/mol. The van der Waals surface area contributed by atoms with E-state index >= 15 is 0 Å². The van der Waals surface area contributed by atoms with Crippen LogP contribution in [0.15, 0.2) is 16.6 Å². The van der Waals surface area contributed by atoms with Crippen LogP contribution in [0, 0.1) is 6.92 Å². The van der Waals surface area contributed by atoms with E-state index in [1.54, 1.807) is 0 Å². The Kier molecular flexibility index (Phi) is 6.13. The molecule has 6 heteroatoms. The van der Waals surface area contributed by atoms with E-state index in [4.69, 9.17) is 4.74 Å². The van der Waals surface area contributed by atoms with Gasteiger partial charge in [0.2, 0.25) is 0 Å². The minimum atomic E-state index is -4.12. The quantitative estimate of drug-likeness (QED) is 0.784. The number of alkyl halides is 3. The van der Waals surface area contributed by atoms with E-state index in [-0.39, 0.29) is 13.0 Å². The van der Waals surface area contributed by atoms with Crippen molar-refractivity contribution < 1.29 is 17.9 Å². The summed E-state index contributed by atoms with van der Waals surface area (Å²) in [5, 5.41) is 3.01. The van der Waals surface area contributed by atoms with Crippen LogP contribution in [0.1, 0.15) is 24.0 Å². The maximum Gasteiger partial charge on any atom is 0.389 e. The molecule has 1 N–H and O–H groups in total. The number of hydrogen-bond acceptors (Lipinski definition) is 2. The average molecular weight is 340 g/mol. The van der Waals surface area contributed by atoms with Crippen molar-refractivity contribution in [3.05, 3.63) is 27.7 Å². The van der Waals surface area contributed by atoms with Gasteiger partial charge in [0.1, 0.15) is 5.75 Å². The van der Waals surface area contributed by atoms with Gasteiger partial charge in [0.05, 0.1) is 6.61 Å². The molecule has 0 fully saturated rings. The Labute approximate surface area is 119 Å². The van der Waals surface area contributed by atoms with Crippen molar-refractivity contribution in [1.29, 1.82) is 0 Å². The Morgan fingerprint density at radius 1 is 1.32 bits per heavy atom. The standard InChI is InChI=1S/C13H17BrF3NO/c1-9-6-11(14)7-10(8-18-2)12(9)19-5-3-4-13(15,16)17/h6-7,18H,3-5,8H2,1-2H3. The van der Waals surface area contributed by atoms with Gasteiger partial charge < -0.3 is 10.1 Å². The average Bonchev–Trinajstić information content (AvgIpc) is 2.25. The molecule has 0 amide bonds. The highest BCUT2D eigenvalue weighted by Crippen LogP contribution is 2.29. The summed E-state index contributed by atoms with van der Waals surface area (Å²) in [6.07, 6.45) is -4.96. The van der Waals surface area contributed by atoms with Gasteiger partial charge in [0.15, 0.2) is 0 Å². The van der Waals surface area contributed by atoms with E-state index in [1.165, 1.54) is 0 Å². The summed E-state index contributed by atoms with van der Waals surface area (Å²) in [6.45, 7) is 2.55. The third-order valence-corrected chi connectivity index (χ3v) is 2.99. The van der Waals surface area contributed by atoms with Crippen molar-refractivity contribution in [2.45, 2.75) is 32.5 Å². The lowest BCUT2D eigenvalue weighted by Crippen LogP contribution is -2.12. The van der Waals surface area contributed by atoms with Gasteiger partial charge in [-0.15, -0.1) is 0 Å². The minimum absolute atomic E-state index is 0.0298. The summed E-state index contributed by atoms with van der Waals surface area (Å²) < 4.78 is 42.6. The fourth-order valence-electron chi connectivity index (χ4n) is 1.77. The molecule has 2 nitrogen and oxygen atoms in total. The molecular weight excluding hydrogens is 323 g/mol. The number of benzene rings is 1. The summed E-state index contributed by atoms with van der Waals surface area (Å²) in [7, 11) is 1.81. The summed E-state index contributed by atoms with van der Waals surface area (Å²) >= 11 is 3.39. The molecule has 19 heavy (non-hydrogen) atoms. The van der Waals surface area contributed by atoms with E-state index in [0.717, 1.165) is 15.6 Å². The van der Waals surface area contributed by atoms with E-state index in [1.807, 2.05) is 26.1 Å². The highest BCUT2D eigenvalue weighted by atomic mass is 79.9. The lowest BCUT2D eigenvalue weighted by atomic mass is 10.1. The van der Waals surface area contributed by atoms with Crippen molar-refractivity contribution in [3.63, 3.8) is 0 Å². The molecule has 0 aliphatic carbocycles. The van der Waals surface area contributed by atoms with Crippen LogP contribution in [0.3, 0.4) is 0 Å². The van der Waals surface area contributed by atoms with Crippen LogP contribution in [0.4, 0.5) is 13.2 Å². The Morgan fingerprint density at radius 3 is 2.58 bits per heavy atom. The zero-order chi connectivity index (χ0) is 14.5. The van der Waals surface area contributed by atoms with Crippen LogP contribution >= 0.6 is 15.9 Å². The largest absolute Gasteiger partial charge is 0.493 e. The Balaban J connectivity index is 2.66. The molecule has 0 unspecified atom stereocenters. The number of ether oxygens (including phenoxy) is 1. The van der Waals surface area contributed by atoms with Crippen molar-refractivity contribution in [1.82, 2.24) is 5.32 Å². The number of hydrogen-bond donors (Lipinski definition) is 1. The summed E-state index contributed by atoms with van der Waals surface area (Å²) in [5.74, 6) is 0.666. The fraction of sp³-hybridized carbons (Fsp3) is 0.538. The van der Waals surface area contributed by atoms with Crippen LogP contribution < -0.4 is 10.1 Å². The minimum Gasteiger partial charge on any atom is -0.493 e. The van der Waals surface area contributed by atoms with E-state index < -0.39 is 12.6 Å². The Bertz CT molecular complexity index is 421. The third kappa shape index (κ3) is 5.82. The van der Waals surface area contributed by atoms with Gasteiger partial charge in [0.25, 0.3) is 0 Å². The first-order valence-corrected chi connectivity index (χ1v) is 6.76. The van der Waals surface area contributed by atoms with Crippen LogP contribution in [-0.2, 0) is 6.54 Å². The van der Waals surface area contributed by atoms with E-state index in [9.17, 15) is 13.2 Å². The zero-order valence-electron chi connectivity index (χ0n) is 10.9. The SMILES string of the molecule is CNCc1cc(Br)cc(C)c1OCCCC(F)(F)F. The number of nitrogens with one attached hydrogen (secondary N) is 1. The van der Waals surface area contributed by atoms with Crippen LogP contribution in [0.2, 0.25) is 0 Å². The van der Waals surface area contributed by atoms with Gasteiger partial charge in [0, 0.05) is 23.0 Å². The normalized spacial score (nSPS) is 11.7. The van der Waals surface area contributed by atoms with Crippen molar-refractivity contribution in [2.75, 3.05) is 13.7 Å². The number of halogens is 4. The molecule has 108 valence electrons. The first kappa shape index (κ1) is 16.3. The molecule has 0 aliphatic heterocycles. The molecule has 0 bridgehead atoms. The first-order valence-electron chi connectivity index (χ1n) is 5.96. The van der Waals surface area contributed by atoms with E-state index in [0.29, 0.717) is 12.3 Å².